The van der Waals surface area contributed by atoms with Crippen molar-refractivity contribution in [2.24, 2.45) is 0 Å². The first kappa shape index (κ1) is 20.9. The predicted molar refractivity (Wildman–Crippen MR) is 105 cm³/mol. The topological polar surface area (TPSA) is 111 Å². The maximum absolute atomic E-state index is 12.3. The minimum Gasteiger partial charge on any atom is -0.452 e. The first-order valence-corrected chi connectivity index (χ1v) is 8.72. The van der Waals surface area contributed by atoms with Crippen LogP contribution in [0.25, 0.3) is 0 Å². The van der Waals surface area contributed by atoms with E-state index in [-0.39, 0.29) is 17.3 Å². The zero-order valence-electron chi connectivity index (χ0n) is 16.2. The first-order valence-electron chi connectivity index (χ1n) is 8.72. The Morgan fingerprint density at radius 2 is 1.86 bits per heavy atom. The third kappa shape index (κ3) is 5.06. The molecular weight excluding hydrogens is 362 g/mol. The Bertz CT molecular complexity index is 911. The van der Waals surface area contributed by atoms with Crippen LogP contribution in [0, 0.1) is 24.0 Å². The number of carbonyl (C=O) groups is 2. The average molecular weight is 385 g/mol. The van der Waals surface area contributed by atoms with Crippen LogP contribution in [-0.4, -0.2) is 30.5 Å². The number of nitro benzene ring substituents is 1. The third-order valence-corrected chi connectivity index (χ3v) is 4.45. The van der Waals surface area contributed by atoms with Crippen LogP contribution in [0.3, 0.4) is 0 Å². The quantitative estimate of drug-likeness (QED) is 0.430. The van der Waals surface area contributed by atoms with E-state index in [1.807, 2.05) is 39.0 Å². The molecule has 1 atom stereocenters. The summed E-state index contributed by atoms with van der Waals surface area (Å²) in [6.07, 6.45) is 0. The van der Waals surface area contributed by atoms with Crippen LogP contribution in [0.2, 0.25) is 0 Å². The number of hydrogen-bond donors (Lipinski definition) is 2. The van der Waals surface area contributed by atoms with E-state index in [2.05, 4.69) is 10.6 Å². The Balaban J connectivity index is 2.00. The Morgan fingerprint density at radius 1 is 1.14 bits per heavy atom. The van der Waals surface area contributed by atoms with Crippen LogP contribution in [0.1, 0.15) is 40.0 Å². The molecule has 8 nitrogen and oxygen atoms in total. The number of nitrogens with one attached hydrogen (secondary N) is 2. The van der Waals surface area contributed by atoms with E-state index in [0.717, 1.165) is 22.8 Å². The minimum atomic E-state index is -0.818. The van der Waals surface area contributed by atoms with Gasteiger partial charge in [-0.25, -0.2) is 4.79 Å². The van der Waals surface area contributed by atoms with Gasteiger partial charge in [0.15, 0.2) is 6.61 Å². The number of amides is 1. The molecule has 8 heteroatoms. The summed E-state index contributed by atoms with van der Waals surface area (Å²) in [4.78, 5) is 34.7. The Hall–Kier alpha value is -3.42. The van der Waals surface area contributed by atoms with E-state index in [0.29, 0.717) is 5.69 Å². The van der Waals surface area contributed by atoms with Gasteiger partial charge in [-0.2, -0.15) is 0 Å². The minimum absolute atomic E-state index is 0.00768. The highest BCUT2D eigenvalue weighted by atomic mass is 16.6. The number of hydrogen-bond acceptors (Lipinski definition) is 6. The van der Waals surface area contributed by atoms with Gasteiger partial charge >= 0.3 is 5.97 Å². The van der Waals surface area contributed by atoms with Crippen molar-refractivity contribution in [2.45, 2.75) is 26.8 Å². The fourth-order valence-electron chi connectivity index (χ4n) is 2.64. The van der Waals surface area contributed by atoms with Crippen molar-refractivity contribution < 1.29 is 19.2 Å². The molecule has 0 fully saturated rings. The summed E-state index contributed by atoms with van der Waals surface area (Å²) in [5.74, 6) is -1.28. The lowest BCUT2D eigenvalue weighted by molar-refractivity contribution is -0.384. The van der Waals surface area contributed by atoms with E-state index >= 15 is 0 Å². The molecule has 0 spiro atoms. The number of non-ortho nitro benzene ring substituents is 1. The molecule has 0 aliphatic carbocycles. The molecule has 2 aromatic carbocycles. The van der Waals surface area contributed by atoms with E-state index < -0.39 is 23.4 Å². The molecular formula is C20H23N3O5. The molecule has 0 bridgehead atoms. The second kappa shape index (κ2) is 8.98. The summed E-state index contributed by atoms with van der Waals surface area (Å²) in [5, 5.41) is 16.4. The summed E-state index contributed by atoms with van der Waals surface area (Å²) in [5.41, 5.74) is 3.35. The van der Waals surface area contributed by atoms with Crippen molar-refractivity contribution in [3.8, 4) is 0 Å². The second-order valence-corrected chi connectivity index (χ2v) is 6.45. The van der Waals surface area contributed by atoms with Gasteiger partial charge in [0.25, 0.3) is 11.6 Å². The van der Waals surface area contributed by atoms with E-state index in [1.54, 1.807) is 7.05 Å². The molecule has 0 aromatic heterocycles. The molecule has 0 heterocycles. The molecule has 0 unspecified atom stereocenters. The van der Waals surface area contributed by atoms with Crippen molar-refractivity contribution in [1.29, 1.82) is 0 Å². The highest BCUT2D eigenvalue weighted by Crippen LogP contribution is 2.22. The number of nitro groups is 1. The molecule has 148 valence electrons. The van der Waals surface area contributed by atoms with E-state index in [9.17, 15) is 19.7 Å². The summed E-state index contributed by atoms with van der Waals surface area (Å²) in [6, 6.07) is 9.46. The normalized spacial score (nSPS) is 11.4. The van der Waals surface area contributed by atoms with Crippen LogP contribution in [0.5, 0.6) is 0 Å². The molecule has 0 aliphatic rings. The molecule has 0 radical (unpaired) electrons. The number of ether oxygens (including phenoxy) is 1. The fraction of sp³-hybridized carbons (Fsp3) is 0.300. The summed E-state index contributed by atoms with van der Waals surface area (Å²) >= 11 is 0. The number of anilines is 1. The molecule has 28 heavy (non-hydrogen) atoms. The van der Waals surface area contributed by atoms with Crippen molar-refractivity contribution in [3.05, 3.63) is 68.8 Å². The summed E-state index contributed by atoms with van der Waals surface area (Å²) < 4.78 is 5.03. The van der Waals surface area contributed by atoms with Gasteiger partial charge in [0, 0.05) is 24.9 Å². The van der Waals surface area contributed by atoms with Crippen LogP contribution in [0.4, 0.5) is 11.4 Å². The SMILES string of the molecule is CNc1ccc([N+](=O)[O-])cc1C(=O)OCC(=O)N[C@H](C)c1ccc(C)c(C)c1. The Morgan fingerprint density at radius 3 is 2.46 bits per heavy atom. The number of nitrogens with zero attached hydrogens (tertiary/aromatic N) is 1. The van der Waals surface area contributed by atoms with Crippen molar-refractivity contribution in [2.75, 3.05) is 19.0 Å². The molecule has 1 amide bonds. The number of benzene rings is 2. The van der Waals surface area contributed by atoms with Gasteiger partial charge in [-0.3, -0.25) is 14.9 Å². The van der Waals surface area contributed by atoms with Gasteiger partial charge in [-0.1, -0.05) is 18.2 Å². The van der Waals surface area contributed by atoms with Crippen LogP contribution in [-0.2, 0) is 9.53 Å². The zero-order chi connectivity index (χ0) is 20.8. The number of rotatable bonds is 7. The van der Waals surface area contributed by atoms with E-state index in [4.69, 9.17) is 4.74 Å². The third-order valence-electron chi connectivity index (χ3n) is 4.45. The van der Waals surface area contributed by atoms with Crippen molar-refractivity contribution in [1.82, 2.24) is 5.32 Å². The summed E-state index contributed by atoms with van der Waals surface area (Å²) in [6.45, 7) is 5.35. The Kier molecular flexibility index (Phi) is 6.70. The monoisotopic (exact) mass is 385 g/mol. The lowest BCUT2D eigenvalue weighted by Gasteiger charge is -2.16. The van der Waals surface area contributed by atoms with Crippen LogP contribution in [0.15, 0.2) is 36.4 Å². The highest BCUT2D eigenvalue weighted by Gasteiger charge is 2.19. The predicted octanol–water partition coefficient (Wildman–Crippen LogP) is 3.29. The number of esters is 1. The second-order valence-electron chi connectivity index (χ2n) is 6.45. The van der Waals surface area contributed by atoms with Crippen LogP contribution >= 0.6 is 0 Å². The molecule has 2 rings (SSSR count). The standard InChI is InChI=1S/C20H23N3O5/c1-12-5-6-15(9-13(12)2)14(3)22-19(24)11-28-20(25)17-10-16(23(26)27)7-8-18(17)21-4/h5-10,14,21H,11H2,1-4H3,(H,22,24)/t14-/m1/s1. The average Bonchev–Trinajstić information content (AvgIpc) is 2.67. The first-order chi connectivity index (χ1) is 13.2. The smallest absolute Gasteiger partial charge is 0.341 e. The maximum Gasteiger partial charge on any atom is 0.341 e. The molecule has 0 saturated heterocycles. The van der Waals surface area contributed by atoms with Gasteiger partial charge in [0.1, 0.15) is 0 Å². The largest absolute Gasteiger partial charge is 0.452 e. The van der Waals surface area contributed by atoms with Gasteiger partial charge < -0.3 is 15.4 Å². The van der Waals surface area contributed by atoms with Gasteiger partial charge in [0.2, 0.25) is 0 Å². The van der Waals surface area contributed by atoms with Gasteiger partial charge in [-0.05, 0) is 43.5 Å². The fourth-order valence-corrected chi connectivity index (χ4v) is 2.64. The lowest BCUT2D eigenvalue weighted by Crippen LogP contribution is -2.31. The number of carbonyl (C=O) groups excluding carboxylic acids is 2. The van der Waals surface area contributed by atoms with Crippen molar-refractivity contribution in [3.63, 3.8) is 0 Å². The van der Waals surface area contributed by atoms with Crippen LogP contribution < -0.4 is 10.6 Å². The maximum atomic E-state index is 12.3. The summed E-state index contributed by atoms with van der Waals surface area (Å²) in [7, 11) is 1.58. The zero-order valence-corrected chi connectivity index (χ0v) is 16.2. The lowest BCUT2D eigenvalue weighted by atomic mass is 10.0. The highest BCUT2D eigenvalue weighted by molar-refractivity contribution is 5.97. The number of aryl methyl sites for hydroxylation is 2. The van der Waals surface area contributed by atoms with E-state index in [1.165, 1.54) is 12.1 Å². The Labute approximate surface area is 163 Å². The molecule has 0 aliphatic heterocycles. The van der Waals surface area contributed by atoms with Gasteiger partial charge in [-0.15, -0.1) is 0 Å². The van der Waals surface area contributed by atoms with Crippen molar-refractivity contribution >= 4 is 23.3 Å². The molecule has 2 N–H and O–H groups in total. The molecule has 2 aromatic rings. The van der Waals surface area contributed by atoms with Gasteiger partial charge in [0.05, 0.1) is 16.5 Å². The molecule has 0 saturated carbocycles.